The van der Waals surface area contributed by atoms with Crippen LogP contribution in [0.2, 0.25) is 5.02 Å². The minimum Gasteiger partial charge on any atom is -0.489 e. The fraction of sp³-hybridized carbons (Fsp3) is 0.519. The van der Waals surface area contributed by atoms with Gasteiger partial charge >= 0.3 is 0 Å². The Bertz CT molecular complexity index is 939. The molecule has 32 heavy (non-hydrogen) atoms. The number of pyridine rings is 1. The van der Waals surface area contributed by atoms with Gasteiger partial charge in [0.2, 0.25) is 0 Å². The molecule has 2 heterocycles. The molecule has 0 amide bonds. The lowest BCUT2D eigenvalue weighted by Gasteiger charge is -2.36. The molecule has 0 unspecified atom stereocenters. The lowest BCUT2D eigenvalue weighted by atomic mass is 9.77. The minimum absolute atomic E-state index is 0.136. The molecule has 2 atom stereocenters. The molecule has 0 radical (unpaired) electrons. The average Bonchev–Trinajstić information content (AvgIpc) is 3.20. The second-order valence-corrected chi connectivity index (χ2v) is 10.2. The molecular weight excluding hydrogens is 420 g/mol. The molecule has 1 N–H and O–H groups in total. The van der Waals surface area contributed by atoms with Crippen molar-refractivity contribution in [2.24, 2.45) is 0 Å². The highest BCUT2D eigenvalue weighted by atomic mass is 35.5. The van der Waals surface area contributed by atoms with E-state index >= 15 is 0 Å². The molecule has 172 valence electrons. The number of aryl methyl sites for hydroxylation is 1. The number of hydrogen-bond acceptors (Lipinski definition) is 4. The van der Waals surface area contributed by atoms with Gasteiger partial charge in [-0.2, -0.15) is 0 Å². The van der Waals surface area contributed by atoms with Crippen LogP contribution in [0.4, 0.5) is 5.69 Å². The summed E-state index contributed by atoms with van der Waals surface area (Å²) in [4.78, 5) is 6.78. The lowest BCUT2D eigenvalue weighted by Crippen LogP contribution is -2.37. The molecule has 0 spiro atoms. The molecule has 1 saturated heterocycles. The van der Waals surface area contributed by atoms with Gasteiger partial charge < -0.3 is 14.7 Å². The number of nitrogens with zero attached hydrogens (tertiary/aromatic N) is 2. The van der Waals surface area contributed by atoms with Crippen LogP contribution in [0.5, 0.6) is 5.75 Å². The van der Waals surface area contributed by atoms with Crippen LogP contribution in [-0.4, -0.2) is 34.9 Å². The SMILES string of the molecule is C=C(C)C[C@@H](C)c1ccc(O[C@@H]2CCN(c3ccnc(CCC4(O)CCC4)c3Cl)C2)cc1. The van der Waals surface area contributed by atoms with E-state index in [-0.39, 0.29) is 6.10 Å². The highest BCUT2D eigenvalue weighted by Gasteiger charge is 2.34. The molecule has 1 aliphatic carbocycles. The third kappa shape index (κ3) is 5.47. The van der Waals surface area contributed by atoms with E-state index in [4.69, 9.17) is 16.3 Å². The topological polar surface area (TPSA) is 45.6 Å². The van der Waals surface area contributed by atoms with Gasteiger partial charge in [0.1, 0.15) is 11.9 Å². The van der Waals surface area contributed by atoms with E-state index in [9.17, 15) is 5.11 Å². The van der Waals surface area contributed by atoms with Crippen LogP contribution in [0.15, 0.2) is 48.7 Å². The molecule has 1 aromatic heterocycles. The van der Waals surface area contributed by atoms with E-state index in [2.05, 4.69) is 54.6 Å². The zero-order valence-corrected chi connectivity index (χ0v) is 20.1. The van der Waals surface area contributed by atoms with Gasteiger partial charge in [-0.1, -0.05) is 36.2 Å². The van der Waals surface area contributed by atoms with Crippen molar-refractivity contribution in [2.45, 2.75) is 76.4 Å². The van der Waals surface area contributed by atoms with Crippen LogP contribution >= 0.6 is 11.6 Å². The first-order valence-electron chi connectivity index (χ1n) is 11.8. The number of benzene rings is 1. The summed E-state index contributed by atoms with van der Waals surface area (Å²) in [6.07, 6.45) is 8.28. The fourth-order valence-corrected chi connectivity index (χ4v) is 5.16. The standard InChI is InChI=1S/C27H35ClN2O2/c1-19(2)17-20(3)21-5-7-22(8-6-21)32-23-11-16-30(18-23)25-10-15-29-24(26(25)28)9-14-27(31)12-4-13-27/h5-8,10,15,20,23,31H,1,4,9,11-14,16-18H2,2-3H3/t20-,23-/m1/s1. The van der Waals surface area contributed by atoms with Crippen molar-refractivity contribution in [3.05, 3.63) is 65.0 Å². The summed E-state index contributed by atoms with van der Waals surface area (Å²) < 4.78 is 6.28. The summed E-state index contributed by atoms with van der Waals surface area (Å²) in [6.45, 7) is 10.1. The minimum atomic E-state index is -0.508. The summed E-state index contributed by atoms with van der Waals surface area (Å²) in [5.41, 5.74) is 3.92. The van der Waals surface area contributed by atoms with E-state index < -0.39 is 5.60 Å². The van der Waals surface area contributed by atoms with Gasteiger partial charge in [0.25, 0.3) is 0 Å². The van der Waals surface area contributed by atoms with Crippen LogP contribution in [0, 0.1) is 0 Å². The predicted molar refractivity (Wildman–Crippen MR) is 132 cm³/mol. The maximum atomic E-state index is 10.4. The zero-order valence-electron chi connectivity index (χ0n) is 19.3. The highest BCUT2D eigenvalue weighted by molar-refractivity contribution is 6.33. The maximum absolute atomic E-state index is 10.4. The zero-order chi connectivity index (χ0) is 22.7. The Morgan fingerprint density at radius 3 is 2.72 bits per heavy atom. The van der Waals surface area contributed by atoms with Gasteiger partial charge in [-0.3, -0.25) is 4.98 Å². The molecule has 5 heteroatoms. The van der Waals surface area contributed by atoms with Crippen molar-refractivity contribution in [3.8, 4) is 5.75 Å². The van der Waals surface area contributed by atoms with Crippen LogP contribution in [0.1, 0.15) is 69.5 Å². The molecular formula is C27H35ClN2O2. The summed E-state index contributed by atoms with van der Waals surface area (Å²) in [7, 11) is 0. The summed E-state index contributed by atoms with van der Waals surface area (Å²) >= 11 is 6.74. The van der Waals surface area contributed by atoms with Gasteiger partial charge in [0, 0.05) is 19.2 Å². The second kappa shape index (κ2) is 9.84. The first-order valence-corrected chi connectivity index (χ1v) is 12.2. The molecule has 0 bridgehead atoms. The van der Waals surface area contributed by atoms with Crippen LogP contribution in [-0.2, 0) is 6.42 Å². The average molecular weight is 455 g/mol. The monoisotopic (exact) mass is 454 g/mol. The molecule has 1 aromatic carbocycles. The number of anilines is 1. The van der Waals surface area contributed by atoms with Gasteiger partial charge in [0.05, 0.1) is 28.5 Å². The second-order valence-electron chi connectivity index (χ2n) is 9.77. The summed E-state index contributed by atoms with van der Waals surface area (Å²) in [5.74, 6) is 1.38. The molecule has 4 nitrogen and oxygen atoms in total. The van der Waals surface area contributed by atoms with E-state index in [0.717, 1.165) is 68.7 Å². The quantitative estimate of drug-likeness (QED) is 0.451. The smallest absolute Gasteiger partial charge is 0.119 e. The highest BCUT2D eigenvalue weighted by Crippen LogP contribution is 2.37. The molecule has 4 rings (SSSR count). The first-order chi connectivity index (χ1) is 15.3. The summed E-state index contributed by atoms with van der Waals surface area (Å²) in [6, 6.07) is 10.5. The number of hydrogen-bond donors (Lipinski definition) is 1. The number of allylic oxidation sites excluding steroid dienone is 1. The molecule has 2 aromatic rings. The van der Waals surface area contributed by atoms with Crippen molar-refractivity contribution >= 4 is 17.3 Å². The number of aromatic nitrogens is 1. The van der Waals surface area contributed by atoms with Crippen LogP contribution in [0.3, 0.4) is 0 Å². The summed E-state index contributed by atoms with van der Waals surface area (Å²) in [5, 5.41) is 11.1. The van der Waals surface area contributed by atoms with E-state index in [1.165, 1.54) is 11.1 Å². The van der Waals surface area contributed by atoms with E-state index in [0.29, 0.717) is 17.4 Å². The van der Waals surface area contributed by atoms with Gasteiger partial charge in [-0.05, 0) is 75.1 Å². The Kier molecular flexibility index (Phi) is 7.11. The normalized spacial score (nSPS) is 20.6. The van der Waals surface area contributed by atoms with Crippen molar-refractivity contribution in [3.63, 3.8) is 0 Å². The fourth-order valence-electron chi connectivity index (χ4n) is 4.83. The Morgan fingerprint density at radius 1 is 1.31 bits per heavy atom. The number of ether oxygens (including phenoxy) is 1. The Hall–Kier alpha value is -2.04. The third-order valence-corrected chi connectivity index (χ3v) is 7.36. The van der Waals surface area contributed by atoms with E-state index in [1.54, 1.807) is 0 Å². The number of rotatable bonds is 9. The third-order valence-electron chi connectivity index (χ3n) is 6.94. The van der Waals surface area contributed by atoms with Crippen LogP contribution in [0.25, 0.3) is 0 Å². The van der Waals surface area contributed by atoms with Crippen LogP contribution < -0.4 is 9.64 Å². The number of halogens is 1. The Labute approximate surface area is 197 Å². The van der Waals surface area contributed by atoms with Gasteiger partial charge in [-0.25, -0.2) is 0 Å². The van der Waals surface area contributed by atoms with Crippen molar-refractivity contribution in [1.82, 2.24) is 4.98 Å². The predicted octanol–water partition coefficient (Wildman–Crippen LogP) is 6.31. The molecule has 2 fully saturated rings. The molecule has 1 aliphatic heterocycles. The number of aliphatic hydroxyl groups is 1. The maximum Gasteiger partial charge on any atom is 0.119 e. The van der Waals surface area contributed by atoms with Gasteiger partial charge in [-0.15, -0.1) is 6.58 Å². The largest absolute Gasteiger partial charge is 0.489 e. The van der Waals surface area contributed by atoms with E-state index in [1.807, 2.05) is 12.3 Å². The van der Waals surface area contributed by atoms with Crippen molar-refractivity contribution < 1.29 is 9.84 Å². The van der Waals surface area contributed by atoms with Crippen molar-refractivity contribution in [1.29, 1.82) is 0 Å². The first kappa shape index (κ1) is 23.1. The Balaban J connectivity index is 1.34. The Morgan fingerprint density at radius 2 is 2.06 bits per heavy atom. The molecule has 1 saturated carbocycles. The van der Waals surface area contributed by atoms with Crippen molar-refractivity contribution in [2.75, 3.05) is 18.0 Å². The lowest BCUT2D eigenvalue weighted by molar-refractivity contribution is -0.0399. The van der Waals surface area contributed by atoms with Gasteiger partial charge in [0.15, 0.2) is 0 Å². The molecule has 2 aliphatic rings.